The Balaban J connectivity index is 1.95. The van der Waals surface area contributed by atoms with Gasteiger partial charge in [0.2, 0.25) is 0 Å². The summed E-state index contributed by atoms with van der Waals surface area (Å²) >= 11 is 0. The maximum absolute atomic E-state index is 5.08. The average molecular weight is 264 g/mol. The van der Waals surface area contributed by atoms with Crippen LogP contribution in [0.5, 0.6) is 5.75 Å². The smallest absolute Gasteiger partial charge is 0.137 e. The molecule has 0 saturated heterocycles. The fourth-order valence-corrected chi connectivity index (χ4v) is 2.08. The second-order valence-electron chi connectivity index (χ2n) is 4.98. The Bertz CT molecular complexity index is 311. The Kier molecular flexibility index (Phi) is 8.86. The monoisotopic (exact) mass is 264 g/mol. The van der Waals surface area contributed by atoms with Crippen LogP contribution in [0.2, 0.25) is 0 Å². The molecule has 1 N–H and O–H groups in total. The van der Waals surface area contributed by atoms with E-state index >= 15 is 0 Å². The van der Waals surface area contributed by atoms with Gasteiger partial charge >= 0.3 is 0 Å². The fourth-order valence-electron chi connectivity index (χ4n) is 2.08. The van der Waals surface area contributed by atoms with Gasteiger partial charge in [0.05, 0.1) is 13.3 Å². The molecular formula is C16H28N2O. The number of rotatable bonds is 11. The summed E-state index contributed by atoms with van der Waals surface area (Å²) in [6, 6.07) is 3.90. The first-order valence-electron chi connectivity index (χ1n) is 7.60. The van der Waals surface area contributed by atoms with Crippen LogP contribution < -0.4 is 10.1 Å². The largest absolute Gasteiger partial charge is 0.495 e. The zero-order valence-electron chi connectivity index (χ0n) is 12.5. The Hall–Kier alpha value is -1.25. The summed E-state index contributed by atoms with van der Waals surface area (Å²) in [5.74, 6) is 1.74. The first kappa shape index (κ1) is 15.8. The van der Waals surface area contributed by atoms with E-state index in [1.165, 1.54) is 51.4 Å². The van der Waals surface area contributed by atoms with Crippen LogP contribution in [0.15, 0.2) is 18.3 Å². The number of hydrogen-bond donors (Lipinski definition) is 1. The second-order valence-corrected chi connectivity index (χ2v) is 4.98. The number of methoxy groups -OCH3 is 1. The van der Waals surface area contributed by atoms with Crippen molar-refractivity contribution in [3.05, 3.63) is 18.3 Å². The number of pyridine rings is 1. The normalized spacial score (nSPS) is 10.4. The predicted octanol–water partition coefficient (Wildman–Crippen LogP) is 4.64. The SMILES string of the molecule is CCCCCCCCCCNc1ccc(OC)cn1. The minimum absolute atomic E-state index is 0.803. The number of anilines is 1. The van der Waals surface area contributed by atoms with Gasteiger partial charge in [-0.05, 0) is 18.6 Å². The van der Waals surface area contributed by atoms with Gasteiger partial charge in [-0.15, -0.1) is 0 Å². The van der Waals surface area contributed by atoms with Crippen molar-refractivity contribution in [2.24, 2.45) is 0 Å². The molecule has 0 spiro atoms. The molecular weight excluding hydrogens is 236 g/mol. The highest BCUT2D eigenvalue weighted by Gasteiger charge is 1.95. The zero-order valence-corrected chi connectivity index (χ0v) is 12.5. The molecule has 3 nitrogen and oxygen atoms in total. The molecule has 19 heavy (non-hydrogen) atoms. The van der Waals surface area contributed by atoms with Crippen LogP contribution in [-0.2, 0) is 0 Å². The van der Waals surface area contributed by atoms with Gasteiger partial charge in [-0.2, -0.15) is 0 Å². The molecule has 0 aliphatic heterocycles. The fraction of sp³-hybridized carbons (Fsp3) is 0.688. The highest BCUT2D eigenvalue weighted by molar-refractivity contribution is 5.37. The molecule has 1 rings (SSSR count). The molecule has 3 heteroatoms. The van der Waals surface area contributed by atoms with Gasteiger partial charge < -0.3 is 10.1 Å². The second kappa shape index (κ2) is 10.7. The molecule has 0 bridgehead atoms. The summed E-state index contributed by atoms with van der Waals surface area (Å²) < 4.78 is 5.08. The van der Waals surface area contributed by atoms with Gasteiger partial charge in [-0.1, -0.05) is 51.9 Å². The van der Waals surface area contributed by atoms with Crippen LogP contribution >= 0.6 is 0 Å². The molecule has 0 aliphatic carbocycles. The van der Waals surface area contributed by atoms with Crippen molar-refractivity contribution in [2.45, 2.75) is 58.3 Å². The summed E-state index contributed by atoms with van der Waals surface area (Å²) in [5.41, 5.74) is 0. The maximum Gasteiger partial charge on any atom is 0.137 e. The van der Waals surface area contributed by atoms with Gasteiger partial charge in [-0.25, -0.2) is 4.98 Å². The maximum atomic E-state index is 5.08. The standard InChI is InChI=1S/C16H28N2O/c1-3-4-5-6-7-8-9-10-13-17-16-12-11-15(19-2)14-18-16/h11-12,14H,3-10,13H2,1-2H3,(H,17,18). The van der Waals surface area contributed by atoms with Crippen LogP contribution in [0.3, 0.4) is 0 Å². The summed E-state index contributed by atoms with van der Waals surface area (Å²) in [6.07, 6.45) is 12.6. The van der Waals surface area contributed by atoms with Crippen molar-refractivity contribution in [3.8, 4) is 5.75 Å². The van der Waals surface area contributed by atoms with Crippen molar-refractivity contribution in [2.75, 3.05) is 19.0 Å². The summed E-state index contributed by atoms with van der Waals surface area (Å²) in [4.78, 5) is 4.28. The van der Waals surface area contributed by atoms with E-state index in [9.17, 15) is 0 Å². The molecule has 0 atom stereocenters. The number of aromatic nitrogens is 1. The van der Waals surface area contributed by atoms with E-state index in [1.54, 1.807) is 13.3 Å². The molecule has 0 unspecified atom stereocenters. The highest BCUT2D eigenvalue weighted by atomic mass is 16.5. The third-order valence-electron chi connectivity index (χ3n) is 3.31. The van der Waals surface area contributed by atoms with Crippen molar-refractivity contribution >= 4 is 5.82 Å². The highest BCUT2D eigenvalue weighted by Crippen LogP contribution is 2.12. The van der Waals surface area contributed by atoms with Crippen LogP contribution in [-0.4, -0.2) is 18.6 Å². The van der Waals surface area contributed by atoms with Crippen LogP contribution in [0, 0.1) is 0 Å². The predicted molar refractivity (Wildman–Crippen MR) is 81.9 cm³/mol. The molecule has 1 heterocycles. The number of nitrogens with zero attached hydrogens (tertiary/aromatic N) is 1. The lowest BCUT2D eigenvalue weighted by Crippen LogP contribution is -2.03. The van der Waals surface area contributed by atoms with Crippen LogP contribution in [0.1, 0.15) is 58.3 Å². The van der Waals surface area contributed by atoms with Gasteiger partial charge in [0.15, 0.2) is 0 Å². The number of nitrogens with one attached hydrogen (secondary N) is 1. The lowest BCUT2D eigenvalue weighted by atomic mass is 10.1. The van der Waals surface area contributed by atoms with Gasteiger partial charge in [0.1, 0.15) is 11.6 Å². The Morgan fingerprint density at radius 2 is 1.68 bits per heavy atom. The summed E-state index contributed by atoms with van der Waals surface area (Å²) in [7, 11) is 1.66. The molecule has 0 amide bonds. The third kappa shape index (κ3) is 7.70. The summed E-state index contributed by atoms with van der Waals surface area (Å²) in [6.45, 7) is 3.27. The van der Waals surface area contributed by atoms with E-state index in [0.717, 1.165) is 18.1 Å². The van der Waals surface area contributed by atoms with E-state index in [1.807, 2.05) is 12.1 Å². The quantitative estimate of drug-likeness (QED) is 0.591. The van der Waals surface area contributed by atoms with E-state index in [4.69, 9.17) is 4.74 Å². The van der Waals surface area contributed by atoms with Crippen molar-refractivity contribution in [1.82, 2.24) is 4.98 Å². The van der Waals surface area contributed by atoms with Gasteiger partial charge in [0.25, 0.3) is 0 Å². The molecule has 0 saturated carbocycles. The molecule has 1 aromatic heterocycles. The van der Waals surface area contributed by atoms with Crippen molar-refractivity contribution in [3.63, 3.8) is 0 Å². The first-order chi connectivity index (χ1) is 9.36. The number of ether oxygens (including phenoxy) is 1. The Labute approximate surface area is 117 Å². The molecule has 0 aliphatic rings. The zero-order chi connectivity index (χ0) is 13.8. The third-order valence-corrected chi connectivity index (χ3v) is 3.31. The molecule has 108 valence electrons. The molecule has 0 aromatic carbocycles. The van der Waals surface area contributed by atoms with Crippen molar-refractivity contribution < 1.29 is 4.74 Å². The summed E-state index contributed by atoms with van der Waals surface area (Å²) in [5, 5.41) is 3.34. The minimum atomic E-state index is 0.803. The first-order valence-corrected chi connectivity index (χ1v) is 7.60. The molecule has 0 radical (unpaired) electrons. The lowest BCUT2D eigenvalue weighted by molar-refractivity contribution is 0.413. The number of unbranched alkanes of at least 4 members (excludes halogenated alkanes) is 7. The van der Waals surface area contributed by atoms with Gasteiger partial charge in [-0.3, -0.25) is 0 Å². The van der Waals surface area contributed by atoms with Crippen molar-refractivity contribution in [1.29, 1.82) is 0 Å². The topological polar surface area (TPSA) is 34.1 Å². The average Bonchev–Trinajstić information content (AvgIpc) is 2.46. The Morgan fingerprint density at radius 3 is 2.26 bits per heavy atom. The number of hydrogen-bond acceptors (Lipinski definition) is 3. The van der Waals surface area contributed by atoms with Gasteiger partial charge in [0, 0.05) is 6.54 Å². The Morgan fingerprint density at radius 1 is 1.00 bits per heavy atom. The van der Waals surface area contributed by atoms with Crippen LogP contribution in [0.4, 0.5) is 5.82 Å². The van der Waals surface area contributed by atoms with E-state index in [2.05, 4.69) is 17.2 Å². The van der Waals surface area contributed by atoms with E-state index in [-0.39, 0.29) is 0 Å². The van der Waals surface area contributed by atoms with E-state index in [0.29, 0.717) is 0 Å². The molecule has 0 fully saturated rings. The molecule has 1 aromatic rings. The van der Waals surface area contributed by atoms with Crippen LogP contribution in [0.25, 0.3) is 0 Å². The van der Waals surface area contributed by atoms with E-state index < -0.39 is 0 Å². The lowest BCUT2D eigenvalue weighted by Gasteiger charge is -2.06. The minimum Gasteiger partial charge on any atom is -0.495 e.